The average Bonchev–Trinajstić information content (AvgIpc) is 4.02. The summed E-state index contributed by atoms with van der Waals surface area (Å²) in [7, 11) is 0. The topological polar surface area (TPSA) is 16.4 Å². The van der Waals surface area contributed by atoms with Gasteiger partial charge in [-0.1, -0.05) is 188 Å². The molecule has 0 N–H and O–H groups in total. The molecule has 13 rings (SSSR count). The fourth-order valence-corrected chi connectivity index (χ4v) is 11.7. The third-order valence-electron chi connectivity index (χ3n) is 13.1. The third kappa shape index (κ3) is 4.97. The number of benzene rings is 10. The van der Waals surface area contributed by atoms with Gasteiger partial charge in [-0.2, -0.15) is 0 Å². The van der Waals surface area contributed by atoms with E-state index in [4.69, 9.17) is 4.42 Å². The zero-order valence-electron chi connectivity index (χ0n) is 33.6. The number of para-hydroxylation sites is 1. The van der Waals surface area contributed by atoms with Crippen LogP contribution in [-0.4, -0.2) is 0 Å². The maximum atomic E-state index is 6.96. The molecule has 1 aliphatic rings. The van der Waals surface area contributed by atoms with Crippen molar-refractivity contribution in [3.63, 3.8) is 0 Å². The van der Waals surface area contributed by atoms with Crippen molar-refractivity contribution < 1.29 is 4.42 Å². The highest BCUT2D eigenvalue weighted by Gasteiger charge is 2.47. The maximum absolute atomic E-state index is 6.96. The number of thiophene rings is 1. The van der Waals surface area contributed by atoms with Crippen LogP contribution in [0.25, 0.3) is 75.1 Å². The lowest BCUT2D eigenvalue weighted by molar-refractivity contribution is 0.673. The summed E-state index contributed by atoms with van der Waals surface area (Å²) in [5.74, 6) is 0. The van der Waals surface area contributed by atoms with Crippen LogP contribution in [0.1, 0.15) is 22.3 Å². The smallest absolute Gasteiger partial charge is 0.155 e. The normalized spacial score (nSPS) is 13.0. The van der Waals surface area contributed by atoms with Crippen molar-refractivity contribution in [3.8, 4) is 22.3 Å². The van der Waals surface area contributed by atoms with Crippen LogP contribution in [0.3, 0.4) is 0 Å². The van der Waals surface area contributed by atoms with E-state index >= 15 is 0 Å². The first-order valence-electron chi connectivity index (χ1n) is 21.3. The van der Waals surface area contributed by atoms with Gasteiger partial charge in [0.2, 0.25) is 0 Å². The van der Waals surface area contributed by atoms with Gasteiger partial charge >= 0.3 is 0 Å². The van der Waals surface area contributed by atoms with Crippen molar-refractivity contribution in [3.05, 3.63) is 247 Å². The highest BCUT2D eigenvalue weighted by Crippen LogP contribution is 2.60. The molecule has 0 radical (unpaired) electrons. The second-order valence-corrected chi connectivity index (χ2v) is 17.4. The van der Waals surface area contributed by atoms with E-state index in [1.54, 1.807) is 0 Å². The largest absolute Gasteiger partial charge is 0.454 e. The second kappa shape index (κ2) is 13.7. The molecule has 2 nitrogen and oxygen atoms in total. The lowest BCUT2D eigenvalue weighted by atomic mass is 9.68. The summed E-state index contributed by atoms with van der Waals surface area (Å²) in [6.07, 6.45) is 0. The first-order chi connectivity index (χ1) is 30.8. The number of hydrogen-bond donors (Lipinski definition) is 0. The van der Waals surface area contributed by atoms with Gasteiger partial charge in [0.25, 0.3) is 0 Å². The van der Waals surface area contributed by atoms with Crippen molar-refractivity contribution in [2.24, 2.45) is 0 Å². The minimum atomic E-state index is -0.542. The Bertz CT molecular complexity index is 3650. The number of hydrogen-bond acceptors (Lipinski definition) is 3. The Hall–Kier alpha value is -7.72. The molecule has 0 saturated heterocycles. The molecule has 62 heavy (non-hydrogen) atoms. The molecular weight excluding hydrogens is 771 g/mol. The van der Waals surface area contributed by atoms with Crippen molar-refractivity contribution in [2.45, 2.75) is 5.41 Å². The number of nitrogens with zero attached hydrogens (tertiary/aromatic N) is 1. The Labute approximate surface area is 363 Å². The molecule has 290 valence electrons. The molecule has 0 fully saturated rings. The molecule has 10 aromatic carbocycles. The molecule has 0 spiro atoms. The molecule has 12 aromatic rings. The highest BCUT2D eigenvalue weighted by atomic mass is 32.1. The van der Waals surface area contributed by atoms with Crippen molar-refractivity contribution in [2.75, 3.05) is 4.90 Å². The summed E-state index contributed by atoms with van der Waals surface area (Å²) in [4.78, 5) is 2.52. The summed E-state index contributed by atoms with van der Waals surface area (Å²) >= 11 is 1.81. The lowest BCUT2D eigenvalue weighted by Crippen LogP contribution is -2.28. The Morgan fingerprint density at radius 2 is 1.05 bits per heavy atom. The van der Waals surface area contributed by atoms with Crippen LogP contribution in [0.2, 0.25) is 0 Å². The van der Waals surface area contributed by atoms with Crippen LogP contribution >= 0.6 is 11.3 Å². The van der Waals surface area contributed by atoms with Gasteiger partial charge in [-0.15, -0.1) is 11.3 Å². The minimum Gasteiger partial charge on any atom is -0.454 e. The monoisotopic (exact) mass is 807 g/mol. The Kier molecular flexibility index (Phi) is 7.72. The van der Waals surface area contributed by atoms with Crippen molar-refractivity contribution in [1.29, 1.82) is 0 Å². The fraction of sp³-hybridized carbons (Fsp3) is 0.0169. The van der Waals surface area contributed by atoms with Gasteiger partial charge in [0.1, 0.15) is 5.58 Å². The minimum absolute atomic E-state index is 0.542. The summed E-state index contributed by atoms with van der Waals surface area (Å²) in [5, 5.41) is 7.12. The van der Waals surface area contributed by atoms with Crippen LogP contribution in [-0.2, 0) is 5.41 Å². The van der Waals surface area contributed by atoms with E-state index in [9.17, 15) is 0 Å². The number of fused-ring (bicyclic) bond motifs is 11. The van der Waals surface area contributed by atoms with Gasteiger partial charge < -0.3 is 9.32 Å². The van der Waals surface area contributed by atoms with Gasteiger partial charge in [0.05, 0.1) is 26.9 Å². The third-order valence-corrected chi connectivity index (χ3v) is 14.3. The highest BCUT2D eigenvalue weighted by molar-refractivity contribution is 7.26. The molecule has 0 amide bonds. The molecule has 0 unspecified atom stereocenters. The lowest BCUT2D eigenvalue weighted by Gasteiger charge is -2.34. The molecule has 2 heterocycles. The summed E-state index contributed by atoms with van der Waals surface area (Å²) in [6, 6.07) is 82.3. The molecule has 0 aliphatic heterocycles. The predicted octanol–water partition coefficient (Wildman–Crippen LogP) is 16.6. The quantitative estimate of drug-likeness (QED) is 0.166. The molecular formula is C59H37NOS. The van der Waals surface area contributed by atoms with Crippen LogP contribution in [0.4, 0.5) is 17.1 Å². The van der Waals surface area contributed by atoms with Crippen LogP contribution < -0.4 is 4.90 Å². The fourth-order valence-electron chi connectivity index (χ4n) is 10.6. The summed E-state index contributed by atoms with van der Waals surface area (Å²) < 4.78 is 9.37. The molecule has 2 aromatic heterocycles. The van der Waals surface area contributed by atoms with Gasteiger partial charge in [0, 0.05) is 32.1 Å². The standard InChI is InChI=1S/C59H37NOS/c1-3-19-40(20-4-1)59(41-21-5-2-6-22-41)49-28-12-9-25-46(49)55-50(59)29-16-30-51(55)60(42-35-33-39(34-36-42)44-27-15-18-38-17-7-8-23-43(38)44)52-37-48-45-24-11-14-32-54(45)62-58(48)57-56(52)47-26-10-13-31-53(47)61-57/h1-37H. The molecule has 3 heteroatoms. The van der Waals surface area contributed by atoms with Crippen LogP contribution in [0, 0.1) is 0 Å². The Morgan fingerprint density at radius 1 is 0.435 bits per heavy atom. The SMILES string of the molecule is c1ccc(C2(c3ccccc3)c3ccccc3-c3c(N(c4ccc(-c5cccc6ccccc56)cc4)c4cc5c6ccccc6sc5c5oc6ccccc6c45)cccc32)cc1. The van der Waals surface area contributed by atoms with Crippen molar-refractivity contribution >= 4 is 81.3 Å². The van der Waals surface area contributed by atoms with Gasteiger partial charge in [-0.05, 0) is 86.1 Å². The zero-order valence-corrected chi connectivity index (χ0v) is 34.4. The zero-order chi connectivity index (χ0) is 40.8. The van der Waals surface area contributed by atoms with E-state index in [-0.39, 0.29) is 0 Å². The van der Waals surface area contributed by atoms with Gasteiger partial charge in [-0.25, -0.2) is 0 Å². The second-order valence-electron chi connectivity index (χ2n) is 16.3. The summed E-state index contributed by atoms with van der Waals surface area (Å²) in [6.45, 7) is 0. The van der Waals surface area contributed by atoms with E-state index < -0.39 is 5.41 Å². The maximum Gasteiger partial charge on any atom is 0.155 e. The number of anilines is 3. The first kappa shape index (κ1) is 35.1. The predicted molar refractivity (Wildman–Crippen MR) is 262 cm³/mol. The molecule has 1 aliphatic carbocycles. The van der Waals surface area contributed by atoms with E-state index in [1.807, 2.05) is 11.3 Å². The van der Waals surface area contributed by atoms with E-state index in [0.717, 1.165) is 39.0 Å². The molecule has 0 bridgehead atoms. The number of furan rings is 1. The van der Waals surface area contributed by atoms with Gasteiger partial charge in [-0.3, -0.25) is 0 Å². The Balaban J connectivity index is 1.15. The average molecular weight is 808 g/mol. The molecule has 0 saturated carbocycles. The van der Waals surface area contributed by atoms with E-state index in [1.165, 1.54) is 75.5 Å². The Morgan fingerprint density at radius 3 is 1.85 bits per heavy atom. The van der Waals surface area contributed by atoms with E-state index in [2.05, 4.69) is 229 Å². The van der Waals surface area contributed by atoms with Crippen molar-refractivity contribution in [1.82, 2.24) is 0 Å². The van der Waals surface area contributed by atoms with E-state index in [0.29, 0.717) is 0 Å². The first-order valence-corrected chi connectivity index (χ1v) is 22.1. The molecule has 0 atom stereocenters. The number of rotatable bonds is 6. The summed E-state index contributed by atoms with van der Waals surface area (Å²) in [5.41, 5.74) is 14.4. The van der Waals surface area contributed by atoms with Crippen LogP contribution in [0.15, 0.2) is 229 Å². The van der Waals surface area contributed by atoms with Crippen LogP contribution in [0.5, 0.6) is 0 Å². The van der Waals surface area contributed by atoms with Gasteiger partial charge in [0.15, 0.2) is 5.58 Å².